The van der Waals surface area contributed by atoms with Crippen LogP contribution in [0, 0.1) is 17.6 Å². The highest BCUT2D eigenvalue weighted by atomic mass is 19.1. The second kappa shape index (κ2) is 9.83. The third-order valence-corrected chi connectivity index (χ3v) is 5.47. The third-order valence-electron chi connectivity index (χ3n) is 5.47. The number of carbonyl (C=O) groups excluding carboxylic acids is 1. The topological polar surface area (TPSA) is 32.8 Å². The van der Waals surface area contributed by atoms with Crippen LogP contribution in [0.25, 0.3) is 0 Å². The number of benzene rings is 2. The molecule has 0 aliphatic carbocycles. The van der Waals surface area contributed by atoms with Crippen molar-refractivity contribution in [2.24, 2.45) is 5.92 Å². The van der Waals surface area contributed by atoms with Gasteiger partial charge in [0.2, 0.25) is 0 Å². The average Bonchev–Trinajstić information content (AvgIpc) is 2.71. The maximum Gasteiger partial charge on any atom is 0.253 e. The first kappa shape index (κ1) is 21.2. The van der Waals surface area contributed by atoms with E-state index in [1.54, 1.807) is 19.1 Å². The molecule has 0 saturated carbocycles. The Hall–Kier alpha value is -2.47. The summed E-state index contributed by atoms with van der Waals surface area (Å²) in [7, 11) is 3.36. The number of nitrogens with zero attached hydrogens (tertiary/aromatic N) is 2. The smallest absolute Gasteiger partial charge is 0.253 e. The van der Waals surface area contributed by atoms with Crippen molar-refractivity contribution in [3.8, 4) is 5.75 Å². The first-order chi connectivity index (χ1) is 13.9. The SMILES string of the molecule is COc1ccc(CCN2CCC[C@@H](CN(C)C(=O)c3cc(F)cc(F)c3)C2)cc1. The van der Waals surface area contributed by atoms with Gasteiger partial charge in [-0.2, -0.15) is 0 Å². The van der Waals surface area contributed by atoms with Crippen LogP contribution in [0.3, 0.4) is 0 Å². The van der Waals surface area contributed by atoms with Crippen LogP contribution in [0.1, 0.15) is 28.8 Å². The van der Waals surface area contributed by atoms with E-state index < -0.39 is 11.6 Å². The van der Waals surface area contributed by atoms with E-state index in [9.17, 15) is 13.6 Å². The van der Waals surface area contributed by atoms with Gasteiger partial charge in [0, 0.05) is 38.3 Å². The Balaban J connectivity index is 1.51. The van der Waals surface area contributed by atoms with E-state index >= 15 is 0 Å². The first-order valence-electron chi connectivity index (χ1n) is 10.0. The Labute approximate surface area is 171 Å². The van der Waals surface area contributed by atoms with Crippen molar-refractivity contribution in [1.29, 1.82) is 0 Å². The number of carbonyl (C=O) groups is 1. The van der Waals surface area contributed by atoms with Crippen LogP contribution in [0.2, 0.25) is 0 Å². The van der Waals surface area contributed by atoms with Gasteiger partial charge >= 0.3 is 0 Å². The number of amides is 1. The molecule has 1 atom stereocenters. The van der Waals surface area contributed by atoms with Gasteiger partial charge in [0.15, 0.2) is 0 Å². The number of likely N-dealkylation sites (tertiary alicyclic amines) is 1. The van der Waals surface area contributed by atoms with Crippen LogP contribution >= 0.6 is 0 Å². The van der Waals surface area contributed by atoms with E-state index in [1.807, 2.05) is 12.1 Å². The fourth-order valence-electron chi connectivity index (χ4n) is 3.95. The molecule has 0 bridgehead atoms. The van der Waals surface area contributed by atoms with Crippen LogP contribution in [0.4, 0.5) is 8.78 Å². The fourth-order valence-corrected chi connectivity index (χ4v) is 3.95. The molecule has 3 rings (SSSR count). The maximum absolute atomic E-state index is 13.4. The number of methoxy groups -OCH3 is 1. The molecular weight excluding hydrogens is 374 g/mol. The van der Waals surface area contributed by atoms with Gasteiger partial charge in [0.05, 0.1) is 7.11 Å². The lowest BCUT2D eigenvalue weighted by molar-refractivity contribution is 0.0729. The van der Waals surface area contributed by atoms with Gasteiger partial charge in [-0.3, -0.25) is 4.79 Å². The standard InChI is InChI=1S/C23H28F2N2O2/c1-26(23(28)19-12-20(24)14-21(25)13-19)15-18-4-3-10-27(16-18)11-9-17-5-7-22(29-2)8-6-17/h5-8,12-14,18H,3-4,9-11,15-16H2,1-2H3/t18-/m0/s1. The molecule has 0 N–H and O–H groups in total. The Kier molecular flexibility index (Phi) is 7.20. The molecule has 1 heterocycles. The van der Waals surface area contributed by atoms with E-state index in [-0.39, 0.29) is 11.5 Å². The van der Waals surface area contributed by atoms with E-state index in [2.05, 4.69) is 17.0 Å². The molecule has 1 fully saturated rings. The van der Waals surface area contributed by atoms with Gasteiger partial charge in [0.25, 0.3) is 5.91 Å². The van der Waals surface area contributed by atoms with Crippen LogP contribution in [0.15, 0.2) is 42.5 Å². The molecule has 29 heavy (non-hydrogen) atoms. The van der Waals surface area contributed by atoms with E-state index in [4.69, 9.17) is 4.74 Å². The molecule has 156 valence electrons. The predicted molar refractivity (Wildman–Crippen MR) is 109 cm³/mol. The van der Waals surface area contributed by atoms with Crippen molar-refractivity contribution in [2.45, 2.75) is 19.3 Å². The lowest BCUT2D eigenvalue weighted by Crippen LogP contribution is -2.42. The molecule has 2 aromatic rings. The van der Waals surface area contributed by atoms with Gasteiger partial charge in [-0.25, -0.2) is 8.78 Å². The van der Waals surface area contributed by atoms with Crippen molar-refractivity contribution < 1.29 is 18.3 Å². The summed E-state index contributed by atoms with van der Waals surface area (Å²) < 4.78 is 32.0. The second-order valence-corrected chi connectivity index (χ2v) is 7.75. The molecule has 4 nitrogen and oxygen atoms in total. The predicted octanol–water partition coefficient (Wildman–Crippen LogP) is 4.00. The van der Waals surface area contributed by atoms with Gasteiger partial charge in [-0.15, -0.1) is 0 Å². The number of ether oxygens (including phenoxy) is 1. The van der Waals surface area contributed by atoms with E-state index in [0.29, 0.717) is 12.5 Å². The highest BCUT2D eigenvalue weighted by Gasteiger charge is 2.23. The lowest BCUT2D eigenvalue weighted by Gasteiger charge is -2.34. The molecule has 6 heteroatoms. The van der Waals surface area contributed by atoms with Crippen molar-refractivity contribution in [3.05, 3.63) is 65.2 Å². The normalized spacial score (nSPS) is 17.2. The summed E-state index contributed by atoms with van der Waals surface area (Å²) in [5.41, 5.74) is 1.32. The Bertz CT molecular complexity index is 806. The summed E-state index contributed by atoms with van der Waals surface area (Å²) in [6.45, 7) is 3.52. The van der Waals surface area contributed by atoms with Crippen molar-refractivity contribution >= 4 is 5.91 Å². The molecule has 0 unspecified atom stereocenters. The molecule has 1 aliphatic heterocycles. The van der Waals surface area contributed by atoms with Crippen LogP contribution in [-0.4, -0.2) is 56.0 Å². The van der Waals surface area contributed by atoms with Crippen LogP contribution in [-0.2, 0) is 6.42 Å². The van der Waals surface area contributed by atoms with Gasteiger partial charge in [-0.05, 0) is 61.6 Å². The highest BCUT2D eigenvalue weighted by Crippen LogP contribution is 2.20. The Morgan fingerprint density at radius 3 is 2.52 bits per heavy atom. The molecular formula is C23H28F2N2O2. The van der Waals surface area contributed by atoms with Crippen LogP contribution in [0.5, 0.6) is 5.75 Å². The largest absolute Gasteiger partial charge is 0.497 e. The minimum Gasteiger partial charge on any atom is -0.497 e. The van der Waals surface area contributed by atoms with Crippen LogP contribution < -0.4 is 4.74 Å². The van der Waals surface area contributed by atoms with E-state index in [0.717, 1.165) is 62.8 Å². The third kappa shape index (κ3) is 6.00. The summed E-state index contributed by atoms with van der Waals surface area (Å²) in [6, 6.07) is 11.1. The zero-order chi connectivity index (χ0) is 20.8. The summed E-state index contributed by atoms with van der Waals surface area (Å²) in [4.78, 5) is 16.5. The van der Waals surface area contributed by atoms with Crippen molar-refractivity contribution in [1.82, 2.24) is 9.80 Å². The molecule has 0 aromatic heterocycles. The monoisotopic (exact) mass is 402 g/mol. The number of hydrogen-bond acceptors (Lipinski definition) is 3. The summed E-state index contributed by atoms with van der Waals surface area (Å²) >= 11 is 0. The molecule has 1 aliphatic rings. The van der Waals surface area contributed by atoms with Gasteiger partial charge in [-0.1, -0.05) is 12.1 Å². The van der Waals surface area contributed by atoms with Crippen molar-refractivity contribution in [3.63, 3.8) is 0 Å². The zero-order valence-corrected chi connectivity index (χ0v) is 17.0. The quantitative estimate of drug-likeness (QED) is 0.702. The van der Waals surface area contributed by atoms with Gasteiger partial charge < -0.3 is 14.5 Å². The molecule has 1 amide bonds. The molecule has 0 spiro atoms. The van der Waals surface area contributed by atoms with Gasteiger partial charge in [0.1, 0.15) is 17.4 Å². The Morgan fingerprint density at radius 2 is 1.86 bits per heavy atom. The zero-order valence-electron chi connectivity index (χ0n) is 17.0. The van der Waals surface area contributed by atoms with Crippen molar-refractivity contribution in [2.75, 3.05) is 40.3 Å². The maximum atomic E-state index is 13.4. The molecule has 0 radical (unpaired) electrons. The summed E-state index contributed by atoms with van der Waals surface area (Å²) in [6.07, 6.45) is 3.10. The lowest BCUT2D eigenvalue weighted by atomic mass is 9.96. The second-order valence-electron chi connectivity index (χ2n) is 7.75. The highest BCUT2D eigenvalue weighted by molar-refractivity contribution is 5.94. The molecule has 1 saturated heterocycles. The molecule has 2 aromatic carbocycles. The minimum absolute atomic E-state index is 0.0529. The first-order valence-corrected chi connectivity index (χ1v) is 10.0. The average molecular weight is 402 g/mol. The fraction of sp³-hybridized carbons (Fsp3) is 0.435. The summed E-state index contributed by atoms with van der Waals surface area (Å²) in [5, 5.41) is 0. The number of halogens is 2. The van der Waals surface area contributed by atoms with E-state index in [1.165, 1.54) is 5.56 Å². The Morgan fingerprint density at radius 1 is 1.17 bits per heavy atom. The number of rotatable bonds is 7. The minimum atomic E-state index is -0.732. The summed E-state index contributed by atoms with van der Waals surface area (Å²) in [5.74, 6) is -0.600. The number of hydrogen-bond donors (Lipinski definition) is 0. The number of piperidine rings is 1.